The van der Waals surface area contributed by atoms with Gasteiger partial charge < -0.3 is 10.1 Å². The second-order valence-corrected chi connectivity index (χ2v) is 9.23. The number of hydrogen-bond donors (Lipinski definition) is 1. The number of nitrogens with zero attached hydrogens (tertiary/aromatic N) is 4. The van der Waals surface area contributed by atoms with Crippen molar-refractivity contribution in [2.75, 3.05) is 18.2 Å². The molecular weight excluding hydrogens is 418 g/mol. The van der Waals surface area contributed by atoms with E-state index in [4.69, 9.17) is 4.74 Å². The van der Waals surface area contributed by atoms with E-state index in [0.717, 1.165) is 36.3 Å². The highest BCUT2D eigenvalue weighted by Crippen LogP contribution is 2.39. The Morgan fingerprint density at radius 2 is 2.23 bits per heavy atom. The molecule has 2 heterocycles. The summed E-state index contributed by atoms with van der Waals surface area (Å²) in [6.45, 7) is 2.22. The Morgan fingerprint density at radius 3 is 2.97 bits per heavy atom. The Kier molecular flexibility index (Phi) is 6.06. The van der Waals surface area contributed by atoms with Gasteiger partial charge in [0.2, 0.25) is 5.91 Å². The number of amides is 1. The van der Waals surface area contributed by atoms with Crippen molar-refractivity contribution in [1.82, 2.24) is 14.8 Å². The van der Waals surface area contributed by atoms with Crippen molar-refractivity contribution in [1.29, 1.82) is 5.26 Å². The molecule has 1 atom stereocenters. The van der Waals surface area contributed by atoms with Crippen LogP contribution in [0.4, 0.5) is 5.00 Å². The first-order valence-electron chi connectivity index (χ1n) is 9.60. The molecular formula is C21H21N5O2S2. The molecule has 0 fully saturated rings. The number of carbonyl (C=O) groups excluding carboxylic acids is 1. The highest BCUT2D eigenvalue weighted by Gasteiger charge is 2.24. The SMILES string of the molecule is COc1ccc(-n2cnnc2SCC(=O)Nc2sc3c(c2C#N)CCC(C)C3)cc1. The summed E-state index contributed by atoms with van der Waals surface area (Å²) >= 11 is 2.84. The summed E-state index contributed by atoms with van der Waals surface area (Å²) in [5, 5.41) is 21.9. The molecule has 154 valence electrons. The maximum atomic E-state index is 12.6. The molecule has 1 aliphatic rings. The summed E-state index contributed by atoms with van der Waals surface area (Å²) in [6, 6.07) is 9.82. The van der Waals surface area contributed by atoms with E-state index in [9.17, 15) is 10.1 Å². The molecule has 1 amide bonds. The predicted octanol–water partition coefficient (Wildman–Crippen LogP) is 4.06. The minimum Gasteiger partial charge on any atom is -0.497 e. The molecule has 0 spiro atoms. The van der Waals surface area contributed by atoms with Gasteiger partial charge in [-0.3, -0.25) is 9.36 Å². The van der Waals surface area contributed by atoms with Crippen LogP contribution in [0.1, 0.15) is 29.3 Å². The lowest BCUT2D eigenvalue weighted by molar-refractivity contribution is -0.113. The Balaban J connectivity index is 1.43. The Morgan fingerprint density at radius 1 is 1.43 bits per heavy atom. The third kappa shape index (κ3) is 4.20. The molecule has 1 N–H and O–H groups in total. The number of nitriles is 1. The zero-order chi connectivity index (χ0) is 21.1. The minimum absolute atomic E-state index is 0.160. The number of rotatable bonds is 6. The van der Waals surface area contributed by atoms with Crippen molar-refractivity contribution in [3.8, 4) is 17.5 Å². The lowest BCUT2D eigenvalue weighted by Gasteiger charge is -2.17. The number of fused-ring (bicyclic) bond motifs is 1. The number of methoxy groups -OCH3 is 1. The van der Waals surface area contributed by atoms with E-state index in [-0.39, 0.29) is 11.7 Å². The van der Waals surface area contributed by atoms with Crippen LogP contribution in [0.5, 0.6) is 5.75 Å². The maximum absolute atomic E-state index is 12.6. The number of anilines is 1. The summed E-state index contributed by atoms with van der Waals surface area (Å²) in [5.41, 5.74) is 2.62. The summed E-state index contributed by atoms with van der Waals surface area (Å²) in [4.78, 5) is 13.8. The maximum Gasteiger partial charge on any atom is 0.235 e. The van der Waals surface area contributed by atoms with E-state index >= 15 is 0 Å². The molecule has 1 aromatic carbocycles. The van der Waals surface area contributed by atoms with Gasteiger partial charge >= 0.3 is 0 Å². The molecule has 0 saturated carbocycles. The van der Waals surface area contributed by atoms with Crippen LogP contribution in [-0.4, -0.2) is 33.5 Å². The second-order valence-electron chi connectivity index (χ2n) is 7.19. The van der Waals surface area contributed by atoms with Gasteiger partial charge in [0.1, 0.15) is 23.1 Å². The number of hydrogen-bond acceptors (Lipinski definition) is 7. The van der Waals surface area contributed by atoms with Crippen LogP contribution in [0.3, 0.4) is 0 Å². The van der Waals surface area contributed by atoms with Crippen LogP contribution >= 0.6 is 23.1 Å². The first-order valence-corrected chi connectivity index (χ1v) is 11.4. The molecule has 2 aromatic heterocycles. The van der Waals surface area contributed by atoms with E-state index in [1.807, 2.05) is 28.8 Å². The number of thiophene rings is 1. The van der Waals surface area contributed by atoms with E-state index in [0.29, 0.717) is 21.6 Å². The lowest BCUT2D eigenvalue weighted by atomic mass is 9.89. The molecule has 9 heteroatoms. The fourth-order valence-corrected chi connectivity index (χ4v) is 5.60. The Labute approximate surface area is 183 Å². The van der Waals surface area contributed by atoms with Crippen molar-refractivity contribution in [2.45, 2.75) is 31.3 Å². The third-order valence-corrected chi connectivity index (χ3v) is 7.19. The molecule has 0 saturated heterocycles. The van der Waals surface area contributed by atoms with Gasteiger partial charge in [-0.2, -0.15) is 5.26 Å². The quantitative estimate of drug-likeness (QED) is 0.582. The van der Waals surface area contributed by atoms with Crippen LogP contribution in [0.15, 0.2) is 35.7 Å². The molecule has 3 aromatic rings. The van der Waals surface area contributed by atoms with Crippen LogP contribution in [0.25, 0.3) is 5.69 Å². The van der Waals surface area contributed by atoms with Crippen molar-refractivity contribution < 1.29 is 9.53 Å². The highest BCUT2D eigenvalue weighted by molar-refractivity contribution is 7.99. The van der Waals surface area contributed by atoms with Gasteiger partial charge in [0, 0.05) is 10.6 Å². The Bertz CT molecular complexity index is 1100. The number of carbonyl (C=O) groups is 1. The van der Waals surface area contributed by atoms with Gasteiger partial charge in [-0.15, -0.1) is 21.5 Å². The van der Waals surface area contributed by atoms with Crippen LogP contribution in [0, 0.1) is 17.2 Å². The van der Waals surface area contributed by atoms with Gasteiger partial charge in [0.05, 0.1) is 18.4 Å². The van der Waals surface area contributed by atoms with E-state index in [2.05, 4.69) is 28.5 Å². The van der Waals surface area contributed by atoms with Gasteiger partial charge in [-0.1, -0.05) is 18.7 Å². The first-order chi connectivity index (χ1) is 14.6. The van der Waals surface area contributed by atoms with Crippen molar-refractivity contribution in [3.63, 3.8) is 0 Å². The molecule has 0 bridgehead atoms. The average Bonchev–Trinajstić information content (AvgIpc) is 3.35. The van der Waals surface area contributed by atoms with Gasteiger partial charge in [-0.05, 0) is 55.0 Å². The van der Waals surface area contributed by atoms with Crippen LogP contribution < -0.4 is 10.1 Å². The third-order valence-electron chi connectivity index (χ3n) is 5.08. The molecule has 1 unspecified atom stereocenters. The standard InChI is InChI=1S/C21H21N5O2S2/c1-13-3-8-16-17(10-22)20(30-18(16)9-13)24-19(27)11-29-21-25-23-12-26(21)14-4-6-15(28-2)7-5-14/h4-7,12-13H,3,8-9,11H2,1-2H3,(H,24,27). The average molecular weight is 440 g/mol. The second kappa shape index (κ2) is 8.90. The summed E-state index contributed by atoms with van der Waals surface area (Å²) < 4.78 is 7.01. The summed E-state index contributed by atoms with van der Waals surface area (Å²) in [7, 11) is 1.62. The number of nitrogens with one attached hydrogen (secondary N) is 1. The molecule has 0 radical (unpaired) electrons. The molecule has 7 nitrogen and oxygen atoms in total. The van der Waals surface area contributed by atoms with Gasteiger partial charge in [-0.25, -0.2) is 0 Å². The van der Waals surface area contributed by atoms with Gasteiger partial charge in [0.15, 0.2) is 5.16 Å². The number of ether oxygens (including phenoxy) is 1. The molecule has 30 heavy (non-hydrogen) atoms. The smallest absolute Gasteiger partial charge is 0.235 e. The fraction of sp³-hybridized carbons (Fsp3) is 0.333. The van der Waals surface area contributed by atoms with Crippen molar-refractivity contribution in [2.24, 2.45) is 5.92 Å². The molecule has 0 aliphatic heterocycles. The number of benzene rings is 1. The summed E-state index contributed by atoms with van der Waals surface area (Å²) in [6.07, 6.45) is 4.59. The lowest BCUT2D eigenvalue weighted by Crippen LogP contribution is -2.14. The Hall–Kier alpha value is -2.83. The number of thioether (sulfide) groups is 1. The van der Waals surface area contributed by atoms with Gasteiger partial charge in [0.25, 0.3) is 0 Å². The number of aromatic nitrogens is 3. The molecule has 1 aliphatic carbocycles. The van der Waals surface area contributed by atoms with Crippen LogP contribution in [0.2, 0.25) is 0 Å². The van der Waals surface area contributed by atoms with E-state index in [1.165, 1.54) is 28.0 Å². The monoisotopic (exact) mass is 439 g/mol. The first kappa shape index (κ1) is 20.4. The van der Waals surface area contributed by atoms with Crippen molar-refractivity contribution in [3.05, 3.63) is 46.6 Å². The summed E-state index contributed by atoms with van der Waals surface area (Å²) in [5.74, 6) is 1.40. The fourth-order valence-electron chi connectivity index (χ4n) is 3.49. The minimum atomic E-state index is -0.160. The highest BCUT2D eigenvalue weighted by atomic mass is 32.2. The molecule has 4 rings (SSSR count). The zero-order valence-electron chi connectivity index (χ0n) is 16.7. The largest absolute Gasteiger partial charge is 0.497 e. The van der Waals surface area contributed by atoms with E-state index in [1.54, 1.807) is 13.4 Å². The predicted molar refractivity (Wildman–Crippen MR) is 117 cm³/mol. The topological polar surface area (TPSA) is 92.8 Å². The normalized spacial score (nSPS) is 15.3. The van der Waals surface area contributed by atoms with Crippen LogP contribution in [-0.2, 0) is 17.6 Å². The zero-order valence-corrected chi connectivity index (χ0v) is 18.3. The van der Waals surface area contributed by atoms with Crippen molar-refractivity contribution >= 4 is 34.0 Å². The van der Waals surface area contributed by atoms with E-state index < -0.39 is 0 Å².